The summed E-state index contributed by atoms with van der Waals surface area (Å²) in [5.74, 6) is 3.28. The van der Waals surface area contributed by atoms with Gasteiger partial charge in [0.15, 0.2) is 0 Å². The van der Waals surface area contributed by atoms with Crippen molar-refractivity contribution in [3.05, 3.63) is 181 Å². The van der Waals surface area contributed by atoms with Crippen molar-refractivity contribution in [2.45, 2.75) is 37.5 Å². The van der Waals surface area contributed by atoms with Crippen LogP contribution in [-0.2, 0) is 5.41 Å². The summed E-state index contributed by atoms with van der Waals surface area (Å²) in [7, 11) is 0. The second-order valence-electron chi connectivity index (χ2n) is 17.6. The normalized spacial score (nSPS) is 23.1. The van der Waals surface area contributed by atoms with Gasteiger partial charge in [-0.15, -0.1) is 0 Å². The molecule has 4 saturated carbocycles. The fraction of sp³-hybridized carbons (Fsp3) is 0.179. The smallest absolute Gasteiger partial charge is 0.0272 e. The maximum atomic E-state index is 2.73. The molecule has 56 heavy (non-hydrogen) atoms. The Bertz CT molecular complexity index is 3000. The topological polar surface area (TPSA) is 0 Å². The lowest BCUT2D eigenvalue weighted by Crippen LogP contribution is -2.55. The predicted octanol–water partition coefficient (Wildman–Crippen LogP) is 15.0. The Kier molecular flexibility index (Phi) is 6.43. The van der Waals surface area contributed by atoms with E-state index in [9.17, 15) is 0 Å². The van der Waals surface area contributed by atoms with Crippen LogP contribution in [0.15, 0.2) is 170 Å². The second-order valence-corrected chi connectivity index (χ2v) is 17.6. The fourth-order valence-electron chi connectivity index (χ4n) is 13.2. The third-order valence-corrected chi connectivity index (χ3v) is 15.0. The lowest BCUT2D eigenvalue weighted by molar-refractivity contribution is -0.0399. The Labute approximate surface area is 328 Å². The predicted molar refractivity (Wildman–Crippen MR) is 236 cm³/mol. The summed E-state index contributed by atoms with van der Waals surface area (Å²) in [4.78, 5) is 0. The Hall–Kier alpha value is -5.98. The van der Waals surface area contributed by atoms with Gasteiger partial charge >= 0.3 is 0 Å². The molecular formula is C56H42. The first-order valence-electron chi connectivity index (χ1n) is 20.9. The molecule has 4 fully saturated rings. The molecule has 0 heterocycles. The summed E-state index contributed by atoms with van der Waals surface area (Å²) in [5.41, 5.74) is 14.3. The van der Waals surface area contributed by atoms with E-state index in [2.05, 4.69) is 170 Å². The molecule has 5 aliphatic carbocycles. The number of hydrogen-bond acceptors (Lipinski definition) is 0. The van der Waals surface area contributed by atoms with Gasteiger partial charge in [-0.1, -0.05) is 164 Å². The number of hydrogen-bond donors (Lipinski definition) is 0. The summed E-state index contributed by atoms with van der Waals surface area (Å²) < 4.78 is 0. The molecule has 0 saturated heterocycles. The molecule has 0 atom stereocenters. The minimum absolute atomic E-state index is 0.107. The van der Waals surface area contributed by atoms with Crippen LogP contribution in [-0.4, -0.2) is 0 Å². The Morgan fingerprint density at radius 2 is 0.804 bits per heavy atom. The largest absolute Gasteiger partial charge is 0.0619 e. The zero-order valence-electron chi connectivity index (χ0n) is 31.5. The molecule has 4 bridgehead atoms. The van der Waals surface area contributed by atoms with Gasteiger partial charge in [0.1, 0.15) is 0 Å². The minimum Gasteiger partial charge on any atom is -0.0619 e. The molecule has 0 unspecified atom stereocenters. The minimum atomic E-state index is 0.107. The molecule has 0 aromatic heterocycles. The van der Waals surface area contributed by atoms with Crippen LogP contribution < -0.4 is 0 Å². The van der Waals surface area contributed by atoms with E-state index in [-0.39, 0.29) is 5.41 Å². The van der Waals surface area contributed by atoms with Crippen molar-refractivity contribution in [3.8, 4) is 44.5 Å². The van der Waals surface area contributed by atoms with Gasteiger partial charge in [0, 0.05) is 5.41 Å². The summed E-state index contributed by atoms with van der Waals surface area (Å²) >= 11 is 0. The van der Waals surface area contributed by atoms with Crippen LogP contribution in [0, 0.1) is 23.7 Å². The van der Waals surface area contributed by atoms with Crippen molar-refractivity contribution in [2.75, 3.05) is 0 Å². The van der Waals surface area contributed by atoms with Gasteiger partial charge in [-0.3, -0.25) is 0 Å². The van der Waals surface area contributed by atoms with Gasteiger partial charge in [0.25, 0.3) is 0 Å². The van der Waals surface area contributed by atoms with E-state index >= 15 is 0 Å². The molecule has 9 aromatic rings. The molecule has 0 nitrogen and oxygen atoms in total. The molecular weight excluding hydrogens is 673 g/mol. The van der Waals surface area contributed by atoms with E-state index in [1.807, 2.05) is 0 Å². The van der Waals surface area contributed by atoms with Crippen molar-refractivity contribution < 1.29 is 0 Å². The molecule has 0 radical (unpaired) electrons. The summed E-state index contributed by atoms with van der Waals surface area (Å²) in [5, 5.41) is 10.6. The van der Waals surface area contributed by atoms with Gasteiger partial charge < -0.3 is 0 Å². The lowest BCUT2D eigenvalue weighted by Gasteiger charge is -2.61. The molecule has 0 amide bonds. The van der Waals surface area contributed by atoms with Gasteiger partial charge in [-0.25, -0.2) is 0 Å². The van der Waals surface area contributed by atoms with Crippen LogP contribution in [0.25, 0.3) is 87.6 Å². The zero-order chi connectivity index (χ0) is 36.5. The van der Waals surface area contributed by atoms with Crippen LogP contribution in [0.4, 0.5) is 0 Å². The standard InChI is InChI=1S/C56H42/c1-2-14-41-36(12-1)13-11-22-42(41)37-24-26-38(27-25-37)53-45-17-5-7-19-47(45)54(48-20-8-6-18-46(48)53)50-33-52-55(44-16-4-3-15-43(44)50)49-21-9-10-23-51(49)56(52)39-29-34-28-35(31-39)32-40(56)30-34/h1-27,33-35,39-40H,28-32H2. The van der Waals surface area contributed by atoms with Crippen LogP contribution >= 0.6 is 0 Å². The highest BCUT2D eigenvalue weighted by molar-refractivity contribution is 6.24. The van der Waals surface area contributed by atoms with Crippen molar-refractivity contribution in [2.24, 2.45) is 23.7 Å². The molecule has 14 rings (SSSR count). The van der Waals surface area contributed by atoms with Crippen LogP contribution in [0.3, 0.4) is 0 Å². The summed E-state index contributed by atoms with van der Waals surface area (Å²) in [6.45, 7) is 0. The zero-order valence-corrected chi connectivity index (χ0v) is 31.5. The monoisotopic (exact) mass is 714 g/mol. The highest BCUT2D eigenvalue weighted by Gasteiger charge is 2.61. The van der Waals surface area contributed by atoms with E-state index in [1.165, 1.54) is 120 Å². The highest BCUT2D eigenvalue weighted by Crippen LogP contribution is 2.70. The first-order valence-corrected chi connectivity index (χ1v) is 20.9. The van der Waals surface area contributed by atoms with E-state index in [0.29, 0.717) is 0 Å². The van der Waals surface area contributed by atoms with E-state index in [0.717, 1.165) is 23.7 Å². The maximum absolute atomic E-state index is 2.73. The van der Waals surface area contributed by atoms with Gasteiger partial charge in [-0.05, 0) is 161 Å². The molecule has 9 aromatic carbocycles. The Morgan fingerprint density at radius 1 is 0.321 bits per heavy atom. The van der Waals surface area contributed by atoms with Crippen molar-refractivity contribution >= 4 is 43.1 Å². The van der Waals surface area contributed by atoms with Crippen LogP contribution in [0.1, 0.15) is 43.2 Å². The van der Waals surface area contributed by atoms with Crippen molar-refractivity contribution in [3.63, 3.8) is 0 Å². The van der Waals surface area contributed by atoms with E-state index in [4.69, 9.17) is 0 Å². The van der Waals surface area contributed by atoms with Crippen molar-refractivity contribution in [1.29, 1.82) is 0 Å². The Balaban J connectivity index is 1.07. The van der Waals surface area contributed by atoms with Gasteiger partial charge in [0.05, 0.1) is 0 Å². The molecule has 0 aliphatic heterocycles. The number of benzene rings is 9. The second kappa shape index (κ2) is 11.5. The van der Waals surface area contributed by atoms with E-state index in [1.54, 1.807) is 11.1 Å². The maximum Gasteiger partial charge on any atom is 0.0272 e. The van der Waals surface area contributed by atoms with Gasteiger partial charge in [0.2, 0.25) is 0 Å². The average molecular weight is 715 g/mol. The quantitative estimate of drug-likeness (QED) is 0.160. The molecule has 5 aliphatic rings. The third kappa shape index (κ3) is 4.09. The number of fused-ring (bicyclic) bond motifs is 8. The van der Waals surface area contributed by atoms with Gasteiger partial charge in [-0.2, -0.15) is 0 Å². The number of rotatable bonds is 3. The van der Waals surface area contributed by atoms with E-state index < -0.39 is 0 Å². The molecule has 0 N–H and O–H groups in total. The Morgan fingerprint density at radius 3 is 1.46 bits per heavy atom. The SMILES string of the molecule is c1ccc2c(c1)-c1c(cc(-c3c4ccccc4c(-c4ccc(-c5cccc6ccccc56)cc4)c4ccccc34)c3ccccc13)C21C2CC3CC(C2)CC1C3. The molecule has 1 spiro atoms. The summed E-state index contributed by atoms with van der Waals surface area (Å²) in [6.07, 6.45) is 7.04. The van der Waals surface area contributed by atoms with Crippen molar-refractivity contribution in [1.82, 2.24) is 0 Å². The average Bonchev–Trinajstić information content (AvgIpc) is 3.55. The highest BCUT2D eigenvalue weighted by atomic mass is 14.6. The third-order valence-electron chi connectivity index (χ3n) is 15.0. The van der Waals surface area contributed by atoms with Crippen LogP contribution in [0.5, 0.6) is 0 Å². The molecule has 266 valence electrons. The summed E-state index contributed by atoms with van der Waals surface area (Å²) in [6, 6.07) is 64.9. The first kappa shape index (κ1) is 31.2. The fourth-order valence-corrected chi connectivity index (χ4v) is 13.2. The first-order chi connectivity index (χ1) is 27.8. The lowest BCUT2D eigenvalue weighted by atomic mass is 9.43. The molecule has 0 heteroatoms. The van der Waals surface area contributed by atoms with Crippen LogP contribution in [0.2, 0.25) is 0 Å².